The summed E-state index contributed by atoms with van der Waals surface area (Å²) in [5, 5.41) is 0. The molecule has 0 aromatic heterocycles. The molecule has 0 unspecified atom stereocenters. The molecule has 2 heterocycles. The minimum Gasteiger partial charge on any atom is -0.365 e. The van der Waals surface area contributed by atoms with Crippen LogP contribution >= 0.6 is 0 Å². The zero-order chi connectivity index (χ0) is 7.84. The van der Waals surface area contributed by atoms with E-state index in [1.807, 2.05) is 0 Å². The van der Waals surface area contributed by atoms with E-state index in [0.717, 1.165) is 0 Å². The Morgan fingerprint density at radius 2 is 1.64 bits per heavy atom. The van der Waals surface area contributed by atoms with Crippen molar-refractivity contribution in [1.29, 1.82) is 0 Å². The molecule has 0 amide bonds. The summed E-state index contributed by atoms with van der Waals surface area (Å²) in [6.45, 7) is 5.60. The normalized spacial score (nSPS) is 38.5. The van der Waals surface area contributed by atoms with Crippen molar-refractivity contribution >= 4 is 0 Å². The van der Waals surface area contributed by atoms with Crippen molar-refractivity contribution in [2.45, 2.75) is 32.3 Å². The van der Waals surface area contributed by atoms with Crippen LogP contribution in [0.3, 0.4) is 0 Å². The molecule has 11 heavy (non-hydrogen) atoms. The van der Waals surface area contributed by atoms with Gasteiger partial charge in [-0.25, -0.2) is 0 Å². The molecule has 2 fully saturated rings. The molecule has 3 nitrogen and oxygen atoms in total. The lowest BCUT2D eigenvalue weighted by atomic mass is 10.2. The Morgan fingerprint density at radius 1 is 1.09 bits per heavy atom. The Morgan fingerprint density at radius 3 is 2.09 bits per heavy atom. The second-order valence-electron chi connectivity index (χ2n) is 3.49. The fourth-order valence-electron chi connectivity index (χ4n) is 1.28. The van der Waals surface area contributed by atoms with Gasteiger partial charge in [-0.05, 0) is 0 Å². The van der Waals surface area contributed by atoms with Crippen molar-refractivity contribution in [3.8, 4) is 0 Å². The summed E-state index contributed by atoms with van der Waals surface area (Å²) >= 11 is 0. The molecule has 0 aliphatic carbocycles. The molecule has 0 aromatic rings. The van der Waals surface area contributed by atoms with Gasteiger partial charge in [-0.2, -0.15) is 0 Å². The van der Waals surface area contributed by atoms with Gasteiger partial charge in [-0.15, -0.1) is 0 Å². The number of rotatable bonds is 1. The second kappa shape index (κ2) is 2.73. The van der Waals surface area contributed by atoms with Crippen molar-refractivity contribution in [3.63, 3.8) is 0 Å². The predicted molar refractivity (Wildman–Crippen MR) is 39.2 cm³/mol. The van der Waals surface area contributed by atoms with Gasteiger partial charge in [-0.1, -0.05) is 13.8 Å². The van der Waals surface area contributed by atoms with E-state index >= 15 is 0 Å². The summed E-state index contributed by atoms with van der Waals surface area (Å²) < 4.78 is 16.2. The lowest BCUT2D eigenvalue weighted by Crippen LogP contribution is -2.23. The van der Waals surface area contributed by atoms with E-state index in [9.17, 15) is 0 Å². The van der Waals surface area contributed by atoms with Crippen molar-refractivity contribution in [2.24, 2.45) is 5.92 Å². The average molecular weight is 158 g/mol. The van der Waals surface area contributed by atoms with Crippen LogP contribution in [0.25, 0.3) is 0 Å². The summed E-state index contributed by atoms with van der Waals surface area (Å²) in [4.78, 5) is 0. The predicted octanol–water partition coefficient (Wildman–Crippen LogP) is 0.783. The second-order valence-corrected chi connectivity index (χ2v) is 3.49. The van der Waals surface area contributed by atoms with Crippen LogP contribution in [0.2, 0.25) is 0 Å². The Balaban J connectivity index is 1.86. The van der Waals surface area contributed by atoms with Gasteiger partial charge >= 0.3 is 0 Å². The molecule has 64 valence electrons. The maximum Gasteiger partial charge on any atom is 0.160 e. The van der Waals surface area contributed by atoms with Crippen molar-refractivity contribution in [2.75, 3.05) is 13.2 Å². The molecule has 0 N–H and O–H groups in total. The first-order valence-corrected chi connectivity index (χ1v) is 4.16. The molecule has 0 bridgehead atoms. The van der Waals surface area contributed by atoms with Gasteiger partial charge < -0.3 is 14.2 Å². The molecule has 2 rings (SSSR count). The van der Waals surface area contributed by atoms with E-state index in [0.29, 0.717) is 31.3 Å². The van der Waals surface area contributed by atoms with Crippen LogP contribution in [-0.2, 0) is 14.2 Å². The Bertz CT molecular complexity index is 134. The average Bonchev–Trinajstić information content (AvgIpc) is 2.60. The highest BCUT2D eigenvalue weighted by molar-refractivity contribution is 4.86. The lowest BCUT2D eigenvalue weighted by molar-refractivity contribution is -0.165. The SMILES string of the molecule is CC(C)C1OC[C@@H]2O[C@H]2CO1. The quantitative estimate of drug-likeness (QED) is 0.528. The molecule has 0 saturated carbocycles. The topological polar surface area (TPSA) is 31.0 Å². The number of hydrogen-bond acceptors (Lipinski definition) is 3. The fourth-order valence-corrected chi connectivity index (χ4v) is 1.28. The van der Waals surface area contributed by atoms with Gasteiger partial charge in [-0.3, -0.25) is 0 Å². The van der Waals surface area contributed by atoms with Crippen LogP contribution in [0.4, 0.5) is 0 Å². The summed E-state index contributed by atoms with van der Waals surface area (Å²) in [6.07, 6.45) is 0.615. The molecule has 0 aromatic carbocycles. The molecule has 0 spiro atoms. The monoisotopic (exact) mass is 158 g/mol. The van der Waals surface area contributed by atoms with Crippen LogP contribution in [0.5, 0.6) is 0 Å². The molecule has 2 saturated heterocycles. The first-order valence-electron chi connectivity index (χ1n) is 4.16. The summed E-state index contributed by atoms with van der Waals surface area (Å²) in [7, 11) is 0. The molecule has 2 aliphatic heterocycles. The van der Waals surface area contributed by atoms with E-state index in [2.05, 4.69) is 13.8 Å². The maximum atomic E-state index is 5.47. The fraction of sp³-hybridized carbons (Fsp3) is 1.00. The van der Waals surface area contributed by atoms with Gasteiger partial charge in [0.05, 0.1) is 13.2 Å². The van der Waals surface area contributed by atoms with E-state index in [1.54, 1.807) is 0 Å². The number of fused-ring (bicyclic) bond motifs is 1. The molecular weight excluding hydrogens is 144 g/mol. The largest absolute Gasteiger partial charge is 0.365 e. The highest BCUT2D eigenvalue weighted by Crippen LogP contribution is 2.27. The molecule has 0 radical (unpaired) electrons. The van der Waals surface area contributed by atoms with Crippen molar-refractivity contribution in [1.82, 2.24) is 0 Å². The minimum atomic E-state index is -0.0219. The first-order chi connectivity index (χ1) is 5.27. The third-order valence-corrected chi connectivity index (χ3v) is 2.08. The van der Waals surface area contributed by atoms with E-state index in [4.69, 9.17) is 14.2 Å². The third kappa shape index (κ3) is 1.55. The molecule has 3 heteroatoms. The molecular formula is C8H14O3. The standard InChI is InChI=1S/C8H14O3/c1-5(2)8-9-3-6-7(11-6)4-10-8/h5-8H,3-4H2,1-2H3/t6-,7-/m0/s1. The first kappa shape index (κ1) is 7.53. The number of ether oxygens (including phenoxy) is 3. The highest BCUT2D eigenvalue weighted by atomic mass is 16.7. The Kier molecular flexibility index (Phi) is 1.87. The van der Waals surface area contributed by atoms with Crippen LogP contribution in [0.15, 0.2) is 0 Å². The summed E-state index contributed by atoms with van der Waals surface area (Å²) in [5.41, 5.74) is 0. The number of epoxide rings is 1. The van der Waals surface area contributed by atoms with Gasteiger partial charge in [0, 0.05) is 5.92 Å². The summed E-state index contributed by atoms with van der Waals surface area (Å²) in [5.74, 6) is 0.437. The molecule has 2 atom stereocenters. The van der Waals surface area contributed by atoms with Crippen LogP contribution in [-0.4, -0.2) is 31.7 Å². The van der Waals surface area contributed by atoms with E-state index in [-0.39, 0.29) is 6.29 Å². The van der Waals surface area contributed by atoms with E-state index in [1.165, 1.54) is 0 Å². The Labute approximate surface area is 66.6 Å². The highest BCUT2D eigenvalue weighted by Gasteiger charge is 2.42. The zero-order valence-electron chi connectivity index (χ0n) is 6.95. The van der Waals surface area contributed by atoms with E-state index < -0.39 is 0 Å². The maximum absolute atomic E-state index is 5.47. The van der Waals surface area contributed by atoms with Crippen molar-refractivity contribution < 1.29 is 14.2 Å². The van der Waals surface area contributed by atoms with Gasteiger partial charge in [0.25, 0.3) is 0 Å². The van der Waals surface area contributed by atoms with Gasteiger partial charge in [0.1, 0.15) is 12.2 Å². The van der Waals surface area contributed by atoms with Gasteiger partial charge in [0.2, 0.25) is 0 Å². The summed E-state index contributed by atoms with van der Waals surface area (Å²) in [6, 6.07) is 0. The third-order valence-electron chi connectivity index (χ3n) is 2.08. The van der Waals surface area contributed by atoms with Gasteiger partial charge in [0.15, 0.2) is 6.29 Å². The van der Waals surface area contributed by atoms with Crippen LogP contribution in [0, 0.1) is 5.92 Å². The lowest BCUT2D eigenvalue weighted by Gasteiger charge is -2.19. The van der Waals surface area contributed by atoms with Crippen LogP contribution in [0.1, 0.15) is 13.8 Å². The smallest absolute Gasteiger partial charge is 0.160 e. The minimum absolute atomic E-state index is 0.0219. The number of hydrogen-bond donors (Lipinski definition) is 0. The van der Waals surface area contributed by atoms with Crippen LogP contribution < -0.4 is 0 Å². The molecule has 2 aliphatic rings. The zero-order valence-corrected chi connectivity index (χ0v) is 6.95. The Hall–Kier alpha value is -0.120. The van der Waals surface area contributed by atoms with Crippen molar-refractivity contribution in [3.05, 3.63) is 0 Å².